The predicted octanol–water partition coefficient (Wildman–Crippen LogP) is 3.08. The van der Waals surface area contributed by atoms with Crippen LogP contribution in [-0.4, -0.2) is 36.4 Å². The largest absolute Gasteiger partial charge is 0.444 e. The molecule has 1 aromatic rings. The highest BCUT2D eigenvalue weighted by Crippen LogP contribution is 2.16. The van der Waals surface area contributed by atoms with Crippen molar-refractivity contribution < 1.29 is 19.0 Å². The van der Waals surface area contributed by atoms with E-state index >= 15 is 0 Å². The Labute approximate surface area is 147 Å². The standard InChI is InChI=1S/C16H25N5O4/c1-16(2,25-15(17)22)6-3-8-23-11-13-4-5-14(19-10-13)12-24-9-7-20-21-18/h4-5,10H,3,6-9,11-12H2,1-2H3,(H2,17,22). The third-order valence-corrected chi connectivity index (χ3v) is 3.25. The van der Waals surface area contributed by atoms with Crippen molar-refractivity contribution in [2.24, 2.45) is 10.8 Å². The number of nitrogens with zero attached hydrogens (tertiary/aromatic N) is 4. The molecule has 0 fully saturated rings. The van der Waals surface area contributed by atoms with Gasteiger partial charge in [-0.15, -0.1) is 0 Å². The Kier molecular flexibility index (Phi) is 9.31. The van der Waals surface area contributed by atoms with Crippen LogP contribution in [-0.2, 0) is 27.4 Å². The fourth-order valence-corrected chi connectivity index (χ4v) is 2.07. The first-order valence-corrected chi connectivity index (χ1v) is 8.01. The summed E-state index contributed by atoms with van der Waals surface area (Å²) in [6.45, 7) is 5.69. The molecule has 0 spiro atoms. The van der Waals surface area contributed by atoms with Crippen molar-refractivity contribution in [3.05, 3.63) is 40.0 Å². The van der Waals surface area contributed by atoms with Crippen LogP contribution in [0.5, 0.6) is 0 Å². The van der Waals surface area contributed by atoms with Crippen molar-refractivity contribution in [3.8, 4) is 0 Å². The first-order chi connectivity index (χ1) is 11.9. The summed E-state index contributed by atoms with van der Waals surface area (Å²) in [5, 5.41) is 3.38. The fourth-order valence-electron chi connectivity index (χ4n) is 2.07. The quantitative estimate of drug-likeness (QED) is 0.267. The van der Waals surface area contributed by atoms with E-state index in [4.69, 9.17) is 25.5 Å². The topological polar surface area (TPSA) is 132 Å². The first-order valence-electron chi connectivity index (χ1n) is 8.01. The number of amides is 1. The summed E-state index contributed by atoms with van der Waals surface area (Å²) in [5.74, 6) is 0. The van der Waals surface area contributed by atoms with Crippen LogP contribution in [0.4, 0.5) is 4.79 Å². The van der Waals surface area contributed by atoms with Crippen LogP contribution in [0.2, 0.25) is 0 Å². The van der Waals surface area contributed by atoms with Crippen molar-refractivity contribution in [1.29, 1.82) is 0 Å². The minimum Gasteiger partial charge on any atom is -0.444 e. The van der Waals surface area contributed by atoms with Crippen molar-refractivity contribution >= 4 is 6.09 Å². The van der Waals surface area contributed by atoms with Crippen LogP contribution in [0.3, 0.4) is 0 Å². The Hall–Kier alpha value is -2.35. The summed E-state index contributed by atoms with van der Waals surface area (Å²) in [6.07, 6.45) is 2.40. The first kappa shape index (κ1) is 20.7. The molecule has 9 nitrogen and oxygen atoms in total. The zero-order chi connectivity index (χ0) is 18.5. The van der Waals surface area contributed by atoms with E-state index in [2.05, 4.69) is 15.0 Å². The van der Waals surface area contributed by atoms with E-state index in [9.17, 15) is 4.79 Å². The summed E-state index contributed by atoms with van der Waals surface area (Å²) in [5.41, 5.74) is 14.3. The zero-order valence-electron chi connectivity index (χ0n) is 14.7. The highest BCUT2D eigenvalue weighted by molar-refractivity contribution is 5.65. The number of carbonyl (C=O) groups is 1. The molecule has 1 rings (SSSR count). The number of nitrogens with two attached hydrogens (primary N) is 1. The lowest BCUT2D eigenvalue weighted by Gasteiger charge is -2.23. The molecule has 1 amide bonds. The summed E-state index contributed by atoms with van der Waals surface area (Å²) < 4.78 is 15.9. The van der Waals surface area contributed by atoms with E-state index in [1.807, 2.05) is 26.0 Å². The van der Waals surface area contributed by atoms with Gasteiger partial charge in [-0.2, -0.15) is 0 Å². The van der Waals surface area contributed by atoms with Gasteiger partial charge in [0.05, 0.1) is 25.5 Å². The van der Waals surface area contributed by atoms with Crippen LogP contribution >= 0.6 is 0 Å². The van der Waals surface area contributed by atoms with Crippen LogP contribution < -0.4 is 5.73 Å². The summed E-state index contributed by atoms with van der Waals surface area (Å²) >= 11 is 0. The number of azide groups is 1. The lowest BCUT2D eigenvalue weighted by atomic mass is 10.0. The number of rotatable bonds is 12. The van der Waals surface area contributed by atoms with Gasteiger partial charge in [0.2, 0.25) is 0 Å². The Morgan fingerprint density at radius 3 is 2.72 bits per heavy atom. The minimum absolute atomic E-state index is 0.309. The van der Waals surface area contributed by atoms with Crippen LogP contribution in [0.1, 0.15) is 37.9 Å². The van der Waals surface area contributed by atoms with Crippen molar-refractivity contribution in [2.75, 3.05) is 19.8 Å². The van der Waals surface area contributed by atoms with Crippen molar-refractivity contribution in [3.63, 3.8) is 0 Å². The lowest BCUT2D eigenvalue weighted by molar-refractivity contribution is 0.0273. The molecular formula is C16H25N5O4. The monoisotopic (exact) mass is 351 g/mol. The number of primary amides is 1. The maximum absolute atomic E-state index is 10.8. The molecule has 0 unspecified atom stereocenters. The molecule has 25 heavy (non-hydrogen) atoms. The summed E-state index contributed by atoms with van der Waals surface area (Å²) in [7, 11) is 0. The average molecular weight is 351 g/mol. The maximum atomic E-state index is 10.8. The fraction of sp³-hybridized carbons (Fsp3) is 0.625. The normalized spacial score (nSPS) is 11.0. The Bertz CT molecular complexity index is 570. The number of hydrogen-bond donors (Lipinski definition) is 1. The number of pyridine rings is 1. The molecule has 0 aromatic carbocycles. The summed E-state index contributed by atoms with van der Waals surface area (Å²) in [4.78, 5) is 17.7. The Balaban J connectivity index is 2.19. The molecule has 0 aliphatic carbocycles. The molecule has 0 saturated carbocycles. The van der Waals surface area contributed by atoms with E-state index in [1.54, 1.807) is 6.20 Å². The van der Waals surface area contributed by atoms with Gasteiger partial charge >= 0.3 is 6.09 Å². The van der Waals surface area contributed by atoms with E-state index < -0.39 is 11.7 Å². The molecule has 9 heteroatoms. The number of ether oxygens (including phenoxy) is 3. The molecule has 1 heterocycles. The van der Waals surface area contributed by atoms with Crippen molar-refractivity contribution in [1.82, 2.24) is 4.98 Å². The molecule has 0 radical (unpaired) electrons. The van der Waals surface area contributed by atoms with Gasteiger partial charge in [0, 0.05) is 24.3 Å². The smallest absolute Gasteiger partial charge is 0.405 e. The Morgan fingerprint density at radius 2 is 2.08 bits per heavy atom. The highest BCUT2D eigenvalue weighted by atomic mass is 16.6. The second-order valence-electron chi connectivity index (χ2n) is 6.00. The Morgan fingerprint density at radius 1 is 1.32 bits per heavy atom. The van der Waals surface area contributed by atoms with Gasteiger partial charge in [0.15, 0.2) is 0 Å². The number of carbonyl (C=O) groups excluding carboxylic acids is 1. The van der Waals surface area contributed by atoms with E-state index in [1.165, 1.54) is 0 Å². The van der Waals surface area contributed by atoms with Gasteiger partial charge in [-0.1, -0.05) is 11.2 Å². The zero-order valence-corrected chi connectivity index (χ0v) is 14.7. The second-order valence-corrected chi connectivity index (χ2v) is 6.00. The predicted molar refractivity (Wildman–Crippen MR) is 91.5 cm³/mol. The van der Waals surface area contributed by atoms with Gasteiger partial charge in [-0.3, -0.25) is 4.98 Å². The van der Waals surface area contributed by atoms with Crippen molar-refractivity contribution in [2.45, 2.75) is 45.5 Å². The van der Waals surface area contributed by atoms with E-state index in [-0.39, 0.29) is 0 Å². The summed E-state index contributed by atoms with van der Waals surface area (Å²) in [6, 6.07) is 3.80. The average Bonchev–Trinajstić information content (AvgIpc) is 2.54. The molecule has 0 aliphatic rings. The van der Waals surface area contributed by atoms with Gasteiger partial charge in [-0.05, 0) is 43.9 Å². The van der Waals surface area contributed by atoms with E-state index in [0.717, 1.165) is 17.7 Å². The van der Waals surface area contributed by atoms with Crippen LogP contribution in [0.25, 0.3) is 10.4 Å². The number of aromatic nitrogens is 1. The van der Waals surface area contributed by atoms with Crippen LogP contribution in [0, 0.1) is 0 Å². The van der Waals surface area contributed by atoms with Gasteiger partial charge in [-0.25, -0.2) is 4.79 Å². The molecular weight excluding hydrogens is 326 g/mol. The molecule has 2 N–H and O–H groups in total. The maximum Gasteiger partial charge on any atom is 0.405 e. The lowest BCUT2D eigenvalue weighted by Crippen LogP contribution is -2.31. The van der Waals surface area contributed by atoms with Gasteiger partial charge in [0.25, 0.3) is 0 Å². The third-order valence-electron chi connectivity index (χ3n) is 3.25. The molecule has 1 aromatic heterocycles. The third kappa shape index (κ3) is 10.2. The van der Waals surface area contributed by atoms with Gasteiger partial charge < -0.3 is 19.9 Å². The molecule has 0 aliphatic heterocycles. The van der Waals surface area contributed by atoms with Gasteiger partial charge in [0.1, 0.15) is 5.60 Å². The molecule has 0 bridgehead atoms. The second kappa shape index (κ2) is 11.2. The number of hydrogen-bond acceptors (Lipinski definition) is 6. The van der Waals surface area contributed by atoms with Crippen LogP contribution in [0.15, 0.2) is 23.4 Å². The molecule has 138 valence electrons. The van der Waals surface area contributed by atoms with E-state index in [0.29, 0.717) is 39.4 Å². The molecule has 0 atom stereocenters. The molecule has 0 saturated heterocycles. The SMILES string of the molecule is CC(C)(CCCOCc1ccc(COCCN=[N+]=[N-])nc1)OC(N)=O. The minimum atomic E-state index is -0.765. The highest BCUT2D eigenvalue weighted by Gasteiger charge is 2.20.